The molecule has 1 N–H and O–H groups in total. The molecule has 1 aliphatic rings. The highest BCUT2D eigenvalue weighted by atomic mass is 19.3. The van der Waals surface area contributed by atoms with Crippen molar-refractivity contribution in [3.8, 4) is 11.5 Å². The molecule has 38 heavy (non-hydrogen) atoms. The minimum absolute atomic E-state index is 0.000170. The van der Waals surface area contributed by atoms with E-state index in [2.05, 4.69) is 0 Å². The summed E-state index contributed by atoms with van der Waals surface area (Å²) < 4.78 is 57.3. The van der Waals surface area contributed by atoms with Gasteiger partial charge in [0.2, 0.25) is 0 Å². The Morgan fingerprint density at radius 3 is 2.26 bits per heavy atom. The molecule has 4 rings (SSSR count). The quantitative estimate of drug-likeness (QED) is 0.350. The second-order valence-corrected chi connectivity index (χ2v) is 7.94. The van der Waals surface area contributed by atoms with Crippen LogP contribution in [0.15, 0.2) is 42.5 Å². The molecule has 1 atom stereocenters. The van der Waals surface area contributed by atoms with Crippen LogP contribution in [0.4, 0.5) is 18.9 Å². The smallest absolute Gasteiger partial charge is 0.310 e. The lowest BCUT2D eigenvalue weighted by Gasteiger charge is -2.22. The highest BCUT2D eigenvalue weighted by molar-refractivity contribution is 6.17. The Morgan fingerprint density at radius 2 is 1.68 bits per heavy atom. The van der Waals surface area contributed by atoms with Crippen LogP contribution in [0.1, 0.15) is 55.4 Å². The Balaban J connectivity index is 0.00000195. The van der Waals surface area contributed by atoms with E-state index in [0.29, 0.717) is 16.3 Å². The zero-order chi connectivity index (χ0) is 28.0. The number of aliphatic hydroxyl groups is 1. The van der Waals surface area contributed by atoms with E-state index >= 15 is 4.39 Å². The molecule has 0 radical (unpaired) electrons. The van der Waals surface area contributed by atoms with Gasteiger partial charge >= 0.3 is 5.97 Å². The lowest BCUT2D eigenvalue weighted by atomic mass is 9.98. The number of fused-ring (bicyclic) bond motifs is 2. The van der Waals surface area contributed by atoms with Crippen molar-refractivity contribution in [2.24, 2.45) is 0 Å². The maximum Gasteiger partial charge on any atom is 0.310 e. The van der Waals surface area contributed by atoms with E-state index in [0.717, 1.165) is 11.0 Å². The number of anilines is 1. The third kappa shape index (κ3) is 5.55. The summed E-state index contributed by atoms with van der Waals surface area (Å²) in [5.74, 6) is -2.21. The third-order valence-corrected chi connectivity index (χ3v) is 5.66. The van der Waals surface area contributed by atoms with Crippen LogP contribution in [-0.4, -0.2) is 43.2 Å². The molecule has 7 nitrogen and oxygen atoms in total. The molecule has 0 saturated carbocycles. The van der Waals surface area contributed by atoms with Gasteiger partial charge in [-0.05, 0) is 31.5 Å². The second-order valence-electron chi connectivity index (χ2n) is 7.94. The minimum atomic E-state index is -2.81. The van der Waals surface area contributed by atoms with Crippen molar-refractivity contribution in [3.05, 3.63) is 65.0 Å². The van der Waals surface area contributed by atoms with Crippen LogP contribution in [0.5, 0.6) is 11.5 Å². The summed E-state index contributed by atoms with van der Waals surface area (Å²) in [7, 11) is 0. The number of carbonyl (C=O) groups is 2. The van der Waals surface area contributed by atoms with E-state index < -0.39 is 37.0 Å². The number of aliphatic hydroxyl groups excluding tert-OH is 1. The van der Waals surface area contributed by atoms with Crippen molar-refractivity contribution >= 4 is 28.3 Å². The number of esters is 1. The summed E-state index contributed by atoms with van der Waals surface area (Å²) in [5.41, 5.74) is -0.127. The number of hydrogen-bond donors (Lipinski definition) is 1. The zero-order valence-corrected chi connectivity index (χ0v) is 21.6. The van der Waals surface area contributed by atoms with E-state index in [1.807, 2.05) is 13.8 Å². The summed E-state index contributed by atoms with van der Waals surface area (Å²) >= 11 is 0. The molecule has 0 saturated heterocycles. The number of ether oxygens (including phenoxy) is 3. The molecule has 1 unspecified atom stereocenters. The number of nitrogens with zero attached hydrogens (tertiary/aromatic N) is 1. The standard InChI is InChI=1S/C26H24F3NO6.C2H6/c1-3-34-20(31)12-14-9-10-18(17(27)11-14)30-25(32)21-22(26(30)33)24(36-13-19(28)29)16-8-6-5-7-15(16)23(21)35-4-2;1-2/h5-11,19,25,32H,3-4,12-13H2,1-2H3;1-2H3. The fourth-order valence-corrected chi connectivity index (χ4v) is 4.29. The monoisotopic (exact) mass is 533 g/mol. The van der Waals surface area contributed by atoms with Crippen LogP contribution in [-0.2, 0) is 16.0 Å². The SMILES string of the molecule is CC.CCOC(=O)Cc1ccc(N2C(=O)c3c(c(OCC)c4ccccc4c3OCC(F)F)C2O)c(F)c1. The molecule has 0 bridgehead atoms. The van der Waals surface area contributed by atoms with Gasteiger partial charge in [0.15, 0.2) is 6.23 Å². The molecule has 0 aliphatic carbocycles. The predicted molar refractivity (Wildman–Crippen MR) is 136 cm³/mol. The first-order valence-electron chi connectivity index (χ1n) is 12.4. The highest BCUT2D eigenvalue weighted by Gasteiger charge is 2.44. The lowest BCUT2D eigenvalue weighted by Crippen LogP contribution is -2.28. The Labute approximate surface area is 218 Å². The zero-order valence-electron chi connectivity index (χ0n) is 21.6. The number of benzene rings is 3. The van der Waals surface area contributed by atoms with Crippen molar-refractivity contribution in [1.82, 2.24) is 0 Å². The Hall–Kier alpha value is -3.79. The van der Waals surface area contributed by atoms with Gasteiger partial charge in [0.1, 0.15) is 23.9 Å². The highest BCUT2D eigenvalue weighted by Crippen LogP contribution is 2.50. The summed E-state index contributed by atoms with van der Waals surface area (Å²) in [4.78, 5) is 26.1. The first-order chi connectivity index (χ1) is 18.3. The van der Waals surface area contributed by atoms with Gasteiger partial charge in [-0.2, -0.15) is 0 Å². The number of halogens is 3. The van der Waals surface area contributed by atoms with Gasteiger partial charge in [-0.15, -0.1) is 0 Å². The van der Waals surface area contributed by atoms with Gasteiger partial charge < -0.3 is 19.3 Å². The Kier molecular flexibility index (Phi) is 9.57. The molecule has 3 aromatic carbocycles. The van der Waals surface area contributed by atoms with Crippen molar-refractivity contribution in [2.45, 2.75) is 46.8 Å². The van der Waals surface area contributed by atoms with E-state index in [4.69, 9.17) is 14.2 Å². The van der Waals surface area contributed by atoms with Gasteiger partial charge in [-0.25, -0.2) is 13.2 Å². The molecule has 3 aromatic rings. The maximum atomic E-state index is 15.2. The molecular formula is C28H30F3NO6. The average Bonchev–Trinajstić information content (AvgIpc) is 3.15. The van der Waals surface area contributed by atoms with Gasteiger partial charge in [0.05, 0.1) is 36.4 Å². The topological polar surface area (TPSA) is 85.3 Å². The van der Waals surface area contributed by atoms with Crippen molar-refractivity contribution in [1.29, 1.82) is 0 Å². The fraction of sp³-hybridized carbons (Fsp3) is 0.357. The van der Waals surface area contributed by atoms with Crippen LogP contribution >= 0.6 is 0 Å². The summed E-state index contributed by atoms with van der Waals surface area (Å²) in [6.07, 6.45) is -4.67. The number of alkyl halides is 2. The molecule has 0 fully saturated rings. The molecule has 1 amide bonds. The van der Waals surface area contributed by atoms with Crippen molar-refractivity contribution < 1.29 is 42.1 Å². The molecule has 1 aliphatic heterocycles. The molecule has 204 valence electrons. The molecular weight excluding hydrogens is 503 g/mol. The normalized spacial score (nSPS) is 14.3. The Bertz CT molecular complexity index is 1310. The molecule has 1 heterocycles. The van der Waals surface area contributed by atoms with Crippen LogP contribution in [0.2, 0.25) is 0 Å². The number of rotatable bonds is 9. The first kappa shape index (κ1) is 28.8. The number of hydrogen-bond acceptors (Lipinski definition) is 6. The van der Waals surface area contributed by atoms with Crippen LogP contribution < -0.4 is 14.4 Å². The number of amides is 1. The average molecular weight is 534 g/mol. The van der Waals surface area contributed by atoms with Gasteiger partial charge in [0, 0.05) is 10.8 Å². The first-order valence-corrected chi connectivity index (χ1v) is 12.4. The fourth-order valence-electron chi connectivity index (χ4n) is 4.29. The lowest BCUT2D eigenvalue weighted by molar-refractivity contribution is -0.142. The van der Waals surface area contributed by atoms with E-state index in [1.54, 1.807) is 38.1 Å². The van der Waals surface area contributed by atoms with Gasteiger partial charge in [0.25, 0.3) is 12.3 Å². The van der Waals surface area contributed by atoms with E-state index in [1.165, 1.54) is 12.1 Å². The van der Waals surface area contributed by atoms with E-state index in [-0.39, 0.29) is 47.9 Å². The predicted octanol–water partition coefficient (Wildman–Crippen LogP) is 5.80. The molecule has 0 spiro atoms. The van der Waals surface area contributed by atoms with Crippen molar-refractivity contribution in [2.75, 3.05) is 24.7 Å². The maximum absolute atomic E-state index is 15.2. The summed E-state index contributed by atoms with van der Waals surface area (Å²) in [6, 6.07) is 10.4. The Morgan fingerprint density at radius 1 is 1.03 bits per heavy atom. The molecule has 10 heteroatoms. The van der Waals surface area contributed by atoms with E-state index in [9.17, 15) is 23.5 Å². The van der Waals surface area contributed by atoms with Crippen molar-refractivity contribution in [3.63, 3.8) is 0 Å². The van der Waals surface area contributed by atoms with Crippen LogP contribution in [0.25, 0.3) is 10.8 Å². The van der Waals surface area contributed by atoms with Gasteiger partial charge in [-0.3, -0.25) is 14.5 Å². The molecule has 0 aromatic heterocycles. The second kappa shape index (κ2) is 12.6. The van der Waals surface area contributed by atoms with Gasteiger partial charge in [-0.1, -0.05) is 44.2 Å². The minimum Gasteiger partial charge on any atom is -0.493 e. The largest absolute Gasteiger partial charge is 0.493 e. The van der Waals surface area contributed by atoms with Crippen LogP contribution in [0, 0.1) is 5.82 Å². The third-order valence-electron chi connectivity index (χ3n) is 5.66. The summed E-state index contributed by atoms with van der Waals surface area (Å²) in [5, 5.41) is 12.0. The summed E-state index contributed by atoms with van der Waals surface area (Å²) in [6.45, 7) is 6.75. The van der Waals surface area contributed by atoms with Crippen LogP contribution in [0.3, 0.4) is 0 Å². The number of carbonyl (C=O) groups excluding carboxylic acids is 2.